The van der Waals surface area contributed by atoms with Crippen LogP contribution in [0, 0.1) is 5.13 Å². The van der Waals surface area contributed by atoms with E-state index in [1.807, 2.05) is 24.4 Å². The number of thiophene rings is 1. The molecule has 0 spiro atoms. The summed E-state index contributed by atoms with van der Waals surface area (Å²) in [5, 5.41) is 9.48. The first-order valence-corrected chi connectivity index (χ1v) is 13.4. The zero-order valence-corrected chi connectivity index (χ0v) is 20.8. The molecule has 1 aliphatic rings. The minimum absolute atomic E-state index is 0.204. The van der Waals surface area contributed by atoms with E-state index in [1.54, 1.807) is 18.5 Å². The number of ether oxygens (including phenoxy) is 1. The molecule has 1 fully saturated rings. The molecule has 0 saturated heterocycles. The van der Waals surface area contributed by atoms with Gasteiger partial charge in [-0.25, -0.2) is 4.98 Å². The Kier molecular flexibility index (Phi) is 5.47. The fourth-order valence-corrected chi connectivity index (χ4v) is 6.01. The van der Waals surface area contributed by atoms with Gasteiger partial charge in [-0.2, -0.15) is 9.49 Å². The second-order valence-electron chi connectivity index (χ2n) is 9.53. The number of rotatable bonds is 5. The molecule has 5 aromatic heterocycles. The maximum absolute atomic E-state index is 13.7. The predicted molar refractivity (Wildman–Crippen MR) is 145 cm³/mol. The lowest BCUT2D eigenvalue weighted by atomic mass is 9.98. The molecule has 6 nitrogen and oxygen atoms in total. The van der Waals surface area contributed by atoms with Gasteiger partial charge in [-0.05, 0) is 73.7 Å². The molecule has 37 heavy (non-hydrogen) atoms. The summed E-state index contributed by atoms with van der Waals surface area (Å²) in [5.74, 6) is 0.816. The Morgan fingerprint density at radius 2 is 1.84 bits per heavy atom. The number of halogens is 1. The number of nitrogens with one attached hydrogen (secondary N) is 2. The van der Waals surface area contributed by atoms with E-state index in [2.05, 4.69) is 43.3 Å². The van der Waals surface area contributed by atoms with Gasteiger partial charge in [-0.15, -0.1) is 11.3 Å². The number of aromatic nitrogens is 5. The van der Waals surface area contributed by atoms with Crippen molar-refractivity contribution < 1.29 is 9.13 Å². The number of fused-ring (bicyclic) bond motifs is 2. The largest absolute Gasteiger partial charge is 0.489 e. The lowest BCUT2D eigenvalue weighted by molar-refractivity contribution is 0.154. The van der Waals surface area contributed by atoms with E-state index in [0.29, 0.717) is 0 Å². The van der Waals surface area contributed by atoms with Gasteiger partial charge >= 0.3 is 0 Å². The van der Waals surface area contributed by atoms with Crippen LogP contribution in [0.1, 0.15) is 32.1 Å². The van der Waals surface area contributed by atoms with E-state index < -0.39 is 0 Å². The fraction of sp³-hybridized carbons (Fsp3) is 0.207. The summed E-state index contributed by atoms with van der Waals surface area (Å²) in [6.07, 6.45) is 11.7. The molecule has 0 amide bonds. The molecule has 0 aliphatic heterocycles. The summed E-state index contributed by atoms with van der Waals surface area (Å²) in [4.78, 5) is 13.2. The Morgan fingerprint density at radius 3 is 2.70 bits per heavy atom. The van der Waals surface area contributed by atoms with Crippen molar-refractivity contribution in [2.75, 3.05) is 0 Å². The van der Waals surface area contributed by atoms with Gasteiger partial charge in [-0.3, -0.25) is 10.1 Å². The number of hydrogen-bond donors (Lipinski definition) is 2. The third-order valence-corrected chi connectivity index (χ3v) is 8.00. The highest BCUT2D eigenvalue weighted by molar-refractivity contribution is 7.14. The molecular formula is C29H24FN5OS. The first-order valence-electron chi connectivity index (χ1n) is 12.6. The van der Waals surface area contributed by atoms with Crippen molar-refractivity contribution in [2.45, 2.75) is 38.2 Å². The Hall–Kier alpha value is -4.04. The van der Waals surface area contributed by atoms with Gasteiger partial charge in [0.15, 0.2) is 5.13 Å². The number of benzene rings is 1. The molecule has 1 saturated carbocycles. The topological polar surface area (TPSA) is 79.5 Å². The summed E-state index contributed by atoms with van der Waals surface area (Å²) in [7, 11) is 0. The zero-order valence-electron chi connectivity index (χ0n) is 20.0. The average Bonchev–Trinajstić information content (AvgIpc) is 3.66. The van der Waals surface area contributed by atoms with Crippen LogP contribution in [0.4, 0.5) is 4.39 Å². The van der Waals surface area contributed by atoms with Crippen molar-refractivity contribution in [3.63, 3.8) is 0 Å². The van der Waals surface area contributed by atoms with Crippen LogP contribution in [-0.4, -0.2) is 31.3 Å². The molecule has 1 aliphatic carbocycles. The van der Waals surface area contributed by atoms with E-state index in [1.165, 1.54) is 25.3 Å². The van der Waals surface area contributed by atoms with E-state index in [9.17, 15) is 4.39 Å². The minimum Gasteiger partial charge on any atom is -0.489 e. The van der Waals surface area contributed by atoms with Gasteiger partial charge in [0.1, 0.15) is 17.1 Å². The Morgan fingerprint density at radius 1 is 0.919 bits per heavy atom. The number of nitrogens with zero attached hydrogens (tertiary/aromatic N) is 3. The number of H-pyrrole nitrogens is 2. The maximum atomic E-state index is 13.7. The SMILES string of the molecule is Fc1ccc(-c2ccnc3[nH]c(-c4n[nH]c5ccc(-c6cncc(OC7CCCCC7)c6)cc45)cc23)s1. The highest BCUT2D eigenvalue weighted by Crippen LogP contribution is 2.37. The third-order valence-electron chi connectivity index (χ3n) is 7.09. The lowest BCUT2D eigenvalue weighted by Gasteiger charge is -2.23. The highest BCUT2D eigenvalue weighted by Gasteiger charge is 2.17. The van der Waals surface area contributed by atoms with E-state index in [0.717, 1.165) is 84.8 Å². The quantitative estimate of drug-likeness (QED) is 0.249. The minimum atomic E-state index is -0.204. The van der Waals surface area contributed by atoms with Crippen LogP contribution in [0.25, 0.3) is 54.9 Å². The molecule has 1 aromatic carbocycles. The average molecular weight is 510 g/mol. The second kappa shape index (κ2) is 9.12. The van der Waals surface area contributed by atoms with Crippen molar-refractivity contribution in [3.8, 4) is 38.7 Å². The summed E-state index contributed by atoms with van der Waals surface area (Å²) in [6, 6.07) is 15.6. The van der Waals surface area contributed by atoms with Crippen molar-refractivity contribution in [1.29, 1.82) is 0 Å². The number of aromatic amines is 2. The molecule has 6 aromatic rings. The second-order valence-corrected chi connectivity index (χ2v) is 10.6. The monoisotopic (exact) mass is 509 g/mol. The molecular weight excluding hydrogens is 485 g/mol. The van der Waals surface area contributed by atoms with Crippen molar-refractivity contribution >= 4 is 33.3 Å². The normalized spacial score (nSPS) is 14.5. The van der Waals surface area contributed by atoms with Gasteiger partial charge in [-0.1, -0.05) is 12.5 Å². The molecule has 0 atom stereocenters. The first kappa shape index (κ1) is 22.2. The fourth-order valence-electron chi connectivity index (χ4n) is 5.24. The van der Waals surface area contributed by atoms with E-state index >= 15 is 0 Å². The zero-order chi connectivity index (χ0) is 24.8. The van der Waals surface area contributed by atoms with Crippen molar-refractivity contribution in [3.05, 3.63) is 72.3 Å². The third kappa shape index (κ3) is 4.17. The van der Waals surface area contributed by atoms with E-state index in [-0.39, 0.29) is 11.2 Å². The predicted octanol–water partition coefficient (Wildman–Crippen LogP) is 7.75. The molecule has 0 radical (unpaired) electrons. The molecule has 0 bridgehead atoms. The lowest BCUT2D eigenvalue weighted by Crippen LogP contribution is -2.19. The van der Waals surface area contributed by atoms with Gasteiger partial charge in [0.05, 0.1) is 23.5 Å². The first-order chi connectivity index (χ1) is 18.2. The maximum Gasteiger partial charge on any atom is 0.176 e. The highest BCUT2D eigenvalue weighted by atomic mass is 32.1. The van der Waals surface area contributed by atoms with E-state index in [4.69, 9.17) is 4.74 Å². The van der Waals surface area contributed by atoms with Crippen LogP contribution in [0.5, 0.6) is 5.75 Å². The summed E-state index contributed by atoms with van der Waals surface area (Å²) in [5.41, 5.74) is 6.33. The molecule has 8 heteroatoms. The van der Waals surface area contributed by atoms with Crippen LogP contribution < -0.4 is 4.74 Å². The number of hydrogen-bond acceptors (Lipinski definition) is 5. The van der Waals surface area contributed by atoms with Gasteiger partial charge in [0.25, 0.3) is 0 Å². The summed E-state index contributed by atoms with van der Waals surface area (Å²) >= 11 is 1.13. The van der Waals surface area contributed by atoms with Crippen LogP contribution in [0.3, 0.4) is 0 Å². The Balaban J connectivity index is 1.26. The molecule has 184 valence electrons. The standard InChI is InChI=1S/C29H24FN5OS/c30-27-9-8-26(37-27)21-10-11-32-29-22(21)14-25(33-29)28-23-13-17(6-7-24(23)34-35-28)18-12-20(16-31-15-18)36-19-4-2-1-3-5-19/h6-16,19H,1-5H2,(H,32,33)(H,34,35). The van der Waals surface area contributed by atoms with Gasteiger partial charge in [0, 0.05) is 39.2 Å². The van der Waals surface area contributed by atoms with Crippen LogP contribution in [-0.2, 0) is 0 Å². The molecule has 7 rings (SSSR count). The summed E-state index contributed by atoms with van der Waals surface area (Å²) < 4.78 is 20.0. The van der Waals surface area contributed by atoms with Gasteiger partial charge < -0.3 is 9.72 Å². The van der Waals surface area contributed by atoms with Crippen LogP contribution in [0.2, 0.25) is 0 Å². The van der Waals surface area contributed by atoms with Crippen LogP contribution >= 0.6 is 11.3 Å². The Bertz CT molecular complexity index is 1730. The van der Waals surface area contributed by atoms with Crippen LogP contribution in [0.15, 0.2) is 67.1 Å². The molecule has 5 heterocycles. The van der Waals surface area contributed by atoms with Gasteiger partial charge in [0.2, 0.25) is 0 Å². The van der Waals surface area contributed by atoms with Crippen molar-refractivity contribution in [1.82, 2.24) is 25.1 Å². The number of pyridine rings is 2. The summed E-state index contributed by atoms with van der Waals surface area (Å²) in [6.45, 7) is 0. The molecule has 2 N–H and O–H groups in total. The van der Waals surface area contributed by atoms with Crippen molar-refractivity contribution in [2.24, 2.45) is 0 Å². The molecule has 0 unspecified atom stereocenters. The smallest absolute Gasteiger partial charge is 0.176 e. The Labute approximate surface area is 216 Å².